The van der Waals surface area contributed by atoms with Gasteiger partial charge in [-0.2, -0.15) is 0 Å². The first-order chi connectivity index (χ1) is 18.5. The lowest BCUT2D eigenvalue weighted by Gasteiger charge is -2.39. The summed E-state index contributed by atoms with van der Waals surface area (Å²) in [7, 11) is 0. The van der Waals surface area contributed by atoms with Crippen LogP contribution in [0, 0.1) is 0 Å². The summed E-state index contributed by atoms with van der Waals surface area (Å²) in [5, 5.41) is 3.49. The van der Waals surface area contributed by atoms with Gasteiger partial charge in [0.25, 0.3) is 0 Å². The second-order valence-corrected chi connectivity index (χ2v) is 10.7. The number of benzene rings is 2. The highest BCUT2D eigenvalue weighted by molar-refractivity contribution is 5.92. The number of fused-ring (bicyclic) bond motifs is 2. The highest BCUT2D eigenvalue weighted by atomic mass is 16.5. The van der Waals surface area contributed by atoms with E-state index in [4.69, 9.17) is 4.74 Å². The van der Waals surface area contributed by atoms with Crippen molar-refractivity contribution in [1.82, 2.24) is 15.1 Å². The molecule has 1 fully saturated rings. The molecule has 1 atom stereocenters. The van der Waals surface area contributed by atoms with Gasteiger partial charge < -0.3 is 15.0 Å². The molecule has 5 heteroatoms. The van der Waals surface area contributed by atoms with Gasteiger partial charge in [0.2, 0.25) is 0 Å². The van der Waals surface area contributed by atoms with Crippen molar-refractivity contribution in [2.24, 2.45) is 0 Å². The van der Waals surface area contributed by atoms with Crippen molar-refractivity contribution >= 4 is 11.3 Å². The van der Waals surface area contributed by atoms with Crippen molar-refractivity contribution in [3.05, 3.63) is 88.7 Å². The topological polar surface area (TPSA) is 31.0 Å². The molecular weight excluding hydrogens is 468 g/mol. The van der Waals surface area contributed by atoms with Crippen molar-refractivity contribution in [1.29, 1.82) is 0 Å². The first-order valence-electron chi connectivity index (χ1n) is 14.5. The Labute approximate surface area is 229 Å². The molecule has 1 saturated heterocycles. The van der Waals surface area contributed by atoms with Crippen LogP contribution in [0.4, 0.5) is 5.69 Å². The SMILES string of the molecule is CCN(CC)c1ccc2c(c1)OC1=CC(C)(N(CC)CC)C=CC1=C2c1ccccc1CN1CCNCC1. The van der Waals surface area contributed by atoms with E-state index in [2.05, 4.69) is 115 Å². The second kappa shape index (κ2) is 11.5. The number of ether oxygens (including phenoxy) is 1. The molecule has 1 aliphatic carbocycles. The highest BCUT2D eigenvalue weighted by Gasteiger charge is 2.34. The van der Waals surface area contributed by atoms with E-state index in [9.17, 15) is 0 Å². The summed E-state index contributed by atoms with van der Waals surface area (Å²) in [5.41, 5.74) is 7.37. The van der Waals surface area contributed by atoms with Gasteiger partial charge in [0, 0.05) is 74.3 Å². The molecule has 2 aromatic rings. The molecule has 0 amide bonds. The number of piperazine rings is 1. The fraction of sp³-hybridized carbons (Fsp3) is 0.455. The number of allylic oxidation sites excluding steroid dienone is 1. The van der Waals surface area contributed by atoms with Gasteiger partial charge in [-0.15, -0.1) is 0 Å². The zero-order valence-electron chi connectivity index (χ0n) is 23.9. The Bertz CT molecular complexity index is 1230. The molecule has 2 aromatic carbocycles. The number of likely N-dealkylation sites (N-methyl/N-ethyl adjacent to an activating group) is 1. The van der Waals surface area contributed by atoms with E-state index >= 15 is 0 Å². The molecule has 0 spiro atoms. The monoisotopic (exact) mass is 512 g/mol. The van der Waals surface area contributed by atoms with Crippen LogP contribution in [0.2, 0.25) is 0 Å². The maximum Gasteiger partial charge on any atom is 0.137 e. The Kier molecular flexibility index (Phi) is 8.08. The molecule has 3 aliphatic rings. The van der Waals surface area contributed by atoms with Gasteiger partial charge in [0.15, 0.2) is 0 Å². The van der Waals surface area contributed by atoms with E-state index in [1.165, 1.54) is 33.5 Å². The van der Waals surface area contributed by atoms with Crippen LogP contribution >= 0.6 is 0 Å². The van der Waals surface area contributed by atoms with E-state index in [1.54, 1.807) is 0 Å². The summed E-state index contributed by atoms with van der Waals surface area (Å²) in [6.07, 6.45) is 7.00. The van der Waals surface area contributed by atoms with Crippen LogP contribution in [-0.2, 0) is 6.54 Å². The minimum atomic E-state index is -0.179. The van der Waals surface area contributed by atoms with Crippen LogP contribution in [0.5, 0.6) is 5.75 Å². The summed E-state index contributed by atoms with van der Waals surface area (Å²) >= 11 is 0. The molecule has 0 radical (unpaired) electrons. The summed E-state index contributed by atoms with van der Waals surface area (Å²) in [6, 6.07) is 15.7. The molecule has 5 rings (SSSR count). The van der Waals surface area contributed by atoms with E-state index < -0.39 is 0 Å². The highest BCUT2D eigenvalue weighted by Crippen LogP contribution is 2.46. The Morgan fingerprint density at radius 2 is 1.66 bits per heavy atom. The van der Waals surface area contributed by atoms with E-state index in [0.717, 1.165) is 70.4 Å². The largest absolute Gasteiger partial charge is 0.456 e. The Morgan fingerprint density at radius 3 is 2.37 bits per heavy atom. The zero-order valence-corrected chi connectivity index (χ0v) is 23.9. The molecule has 0 aromatic heterocycles. The predicted octanol–water partition coefficient (Wildman–Crippen LogP) is 5.69. The minimum Gasteiger partial charge on any atom is -0.456 e. The second-order valence-electron chi connectivity index (χ2n) is 10.7. The summed E-state index contributed by atoms with van der Waals surface area (Å²) < 4.78 is 6.77. The van der Waals surface area contributed by atoms with Gasteiger partial charge in [-0.05, 0) is 63.2 Å². The van der Waals surface area contributed by atoms with Crippen molar-refractivity contribution in [2.75, 3.05) is 57.3 Å². The van der Waals surface area contributed by atoms with Gasteiger partial charge in [0.05, 0.1) is 5.54 Å². The molecule has 0 bridgehead atoms. The number of rotatable bonds is 9. The number of nitrogens with one attached hydrogen (secondary N) is 1. The van der Waals surface area contributed by atoms with E-state index in [1.807, 2.05) is 0 Å². The van der Waals surface area contributed by atoms with Gasteiger partial charge >= 0.3 is 0 Å². The summed E-state index contributed by atoms with van der Waals surface area (Å²) in [4.78, 5) is 7.43. The lowest BCUT2D eigenvalue weighted by molar-refractivity contribution is 0.200. The molecule has 2 aliphatic heterocycles. The fourth-order valence-corrected chi connectivity index (χ4v) is 6.27. The lowest BCUT2D eigenvalue weighted by Crippen LogP contribution is -2.44. The first kappa shape index (κ1) is 26.7. The minimum absolute atomic E-state index is 0.179. The third kappa shape index (κ3) is 5.07. The van der Waals surface area contributed by atoms with Gasteiger partial charge in [-0.25, -0.2) is 0 Å². The van der Waals surface area contributed by atoms with Crippen molar-refractivity contribution < 1.29 is 4.74 Å². The third-order valence-electron chi connectivity index (χ3n) is 8.46. The van der Waals surface area contributed by atoms with Crippen LogP contribution in [0.25, 0.3) is 5.57 Å². The smallest absolute Gasteiger partial charge is 0.137 e. The Balaban J connectivity index is 1.66. The fourth-order valence-electron chi connectivity index (χ4n) is 6.27. The standard InChI is InChI=1S/C33H44N4O/c1-6-36(7-2)26-14-15-28-30(22-26)38-31-23-33(5,37(8-3)9-4)17-16-29(31)32(28)27-13-11-10-12-25(27)24-35-20-18-34-19-21-35/h10-17,22-23,34H,6-9,18-21,24H2,1-5H3. The first-order valence-corrected chi connectivity index (χ1v) is 14.5. The van der Waals surface area contributed by atoms with Crippen LogP contribution < -0.4 is 15.0 Å². The molecule has 1 N–H and O–H groups in total. The number of hydrogen-bond donors (Lipinski definition) is 1. The number of anilines is 1. The Hall–Kier alpha value is -2.86. The quantitative estimate of drug-likeness (QED) is 0.467. The summed E-state index contributed by atoms with van der Waals surface area (Å²) in [5.74, 6) is 1.92. The van der Waals surface area contributed by atoms with Crippen molar-refractivity contribution in [3.8, 4) is 5.75 Å². The van der Waals surface area contributed by atoms with Crippen LogP contribution in [0.1, 0.15) is 51.3 Å². The lowest BCUT2D eigenvalue weighted by atomic mass is 9.82. The maximum absolute atomic E-state index is 6.77. The van der Waals surface area contributed by atoms with Gasteiger partial charge in [0.1, 0.15) is 11.5 Å². The molecule has 2 heterocycles. The molecule has 5 nitrogen and oxygen atoms in total. The van der Waals surface area contributed by atoms with Gasteiger partial charge in [-0.3, -0.25) is 9.80 Å². The average molecular weight is 513 g/mol. The van der Waals surface area contributed by atoms with Crippen molar-refractivity contribution in [3.63, 3.8) is 0 Å². The third-order valence-corrected chi connectivity index (χ3v) is 8.46. The molecule has 38 heavy (non-hydrogen) atoms. The summed E-state index contributed by atoms with van der Waals surface area (Å²) in [6.45, 7) is 20.4. The molecule has 202 valence electrons. The number of hydrogen-bond acceptors (Lipinski definition) is 5. The average Bonchev–Trinajstić information content (AvgIpc) is 2.94. The van der Waals surface area contributed by atoms with E-state index in [0.29, 0.717) is 0 Å². The molecular formula is C33H44N4O. The van der Waals surface area contributed by atoms with Crippen molar-refractivity contribution in [2.45, 2.75) is 46.7 Å². The number of nitrogens with zero attached hydrogens (tertiary/aromatic N) is 3. The van der Waals surface area contributed by atoms with Gasteiger partial charge in [-0.1, -0.05) is 50.3 Å². The van der Waals surface area contributed by atoms with Crippen LogP contribution in [-0.4, -0.2) is 67.7 Å². The van der Waals surface area contributed by atoms with Crippen LogP contribution in [0.15, 0.2) is 72.0 Å². The molecule has 1 unspecified atom stereocenters. The predicted molar refractivity (Wildman–Crippen MR) is 160 cm³/mol. The molecule has 0 saturated carbocycles. The maximum atomic E-state index is 6.77. The van der Waals surface area contributed by atoms with E-state index in [-0.39, 0.29) is 5.54 Å². The normalized spacial score (nSPS) is 21.2. The zero-order chi connectivity index (χ0) is 26.7. The van der Waals surface area contributed by atoms with Crippen LogP contribution in [0.3, 0.4) is 0 Å². The Morgan fingerprint density at radius 1 is 0.921 bits per heavy atom.